The summed E-state index contributed by atoms with van der Waals surface area (Å²) in [6.07, 6.45) is 0. The molecule has 64 heavy (non-hydrogen) atoms. The molecular formula is C58H50O6. The van der Waals surface area contributed by atoms with Gasteiger partial charge in [-0.15, -0.1) is 0 Å². The van der Waals surface area contributed by atoms with Gasteiger partial charge in [0.15, 0.2) is 0 Å². The van der Waals surface area contributed by atoms with Crippen molar-refractivity contribution in [2.75, 3.05) is 0 Å². The Hall–Kier alpha value is -7.12. The minimum absolute atomic E-state index is 0.0677. The normalized spacial score (nSPS) is 11.7. The Morgan fingerprint density at radius 2 is 0.703 bits per heavy atom. The van der Waals surface area contributed by atoms with E-state index in [4.69, 9.17) is 18.9 Å². The van der Waals surface area contributed by atoms with Crippen molar-refractivity contribution < 1.29 is 28.5 Å². The van der Waals surface area contributed by atoms with E-state index in [1.807, 2.05) is 106 Å². The van der Waals surface area contributed by atoms with Crippen LogP contribution in [0.5, 0.6) is 0 Å². The molecule has 0 radical (unpaired) electrons. The second-order valence-corrected chi connectivity index (χ2v) is 17.2. The van der Waals surface area contributed by atoms with E-state index in [1.165, 1.54) is 0 Å². The van der Waals surface area contributed by atoms with Crippen molar-refractivity contribution in [3.05, 3.63) is 226 Å². The standard InChI is InChI=1S/C58H50O6/c1-58(2,3)55-32-41(56(59)63-37-53-46-26-14-10-22-42(46)51(43-23-11-15-27-47(43)53)35-61-33-39-18-6-4-7-19-39)30-31-50(55)57(60)64-38-54-48-28-16-12-24-44(48)52(45-25-13-17-29-49(45)54)36-62-34-40-20-8-5-9-21-40/h4-32H,33-38H2,1-3H3. The van der Waals surface area contributed by atoms with Gasteiger partial charge in [0.05, 0.1) is 37.6 Å². The molecule has 318 valence electrons. The maximum Gasteiger partial charge on any atom is 0.338 e. The van der Waals surface area contributed by atoms with Crippen LogP contribution in [0, 0.1) is 0 Å². The molecule has 0 unspecified atom stereocenters. The second-order valence-electron chi connectivity index (χ2n) is 17.2. The number of hydrogen-bond acceptors (Lipinski definition) is 6. The van der Waals surface area contributed by atoms with Gasteiger partial charge in [-0.1, -0.05) is 178 Å². The zero-order valence-electron chi connectivity index (χ0n) is 36.4. The first kappa shape index (κ1) is 42.2. The van der Waals surface area contributed by atoms with E-state index in [2.05, 4.69) is 72.8 Å². The highest BCUT2D eigenvalue weighted by Crippen LogP contribution is 2.37. The predicted molar refractivity (Wildman–Crippen MR) is 256 cm³/mol. The smallest absolute Gasteiger partial charge is 0.338 e. The number of hydrogen-bond donors (Lipinski definition) is 0. The highest BCUT2D eigenvalue weighted by molar-refractivity contribution is 6.07. The van der Waals surface area contributed by atoms with E-state index >= 15 is 0 Å². The number of carbonyl (C=O) groups excluding carboxylic acids is 2. The zero-order chi connectivity index (χ0) is 44.0. The fourth-order valence-corrected chi connectivity index (χ4v) is 8.84. The van der Waals surface area contributed by atoms with E-state index in [0.29, 0.717) is 43.1 Å². The Morgan fingerprint density at radius 1 is 0.375 bits per heavy atom. The number of carbonyl (C=O) groups is 2. The summed E-state index contributed by atoms with van der Waals surface area (Å²) < 4.78 is 24.8. The van der Waals surface area contributed by atoms with Crippen LogP contribution in [0.15, 0.2) is 176 Å². The molecule has 0 N–H and O–H groups in total. The van der Waals surface area contributed by atoms with E-state index in [-0.39, 0.29) is 13.2 Å². The molecule has 9 aromatic carbocycles. The summed E-state index contributed by atoms with van der Waals surface area (Å²) in [5, 5.41) is 8.26. The van der Waals surface area contributed by atoms with Gasteiger partial charge < -0.3 is 18.9 Å². The molecule has 0 bridgehead atoms. The lowest BCUT2D eigenvalue weighted by atomic mass is 9.82. The summed E-state index contributed by atoms with van der Waals surface area (Å²) in [6.45, 7) is 8.09. The molecule has 0 amide bonds. The summed E-state index contributed by atoms with van der Waals surface area (Å²) in [7, 11) is 0. The van der Waals surface area contributed by atoms with Crippen molar-refractivity contribution in [3.8, 4) is 0 Å². The number of ether oxygens (including phenoxy) is 4. The first-order valence-electron chi connectivity index (χ1n) is 21.8. The molecule has 0 aliphatic heterocycles. The first-order chi connectivity index (χ1) is 31.2. The molecule has 0 saturated heterocycles. The average Bonchev–Trinajstić information content (AvgIpc) is 3.33. The Kier molecular flexibility index (Phi) is 12.3. The van der Waals surface area contributed by atoms with Gasteiger partial charge >= 0.3 is 11.9 Å². The highest BCUT2D eigenvalue weighted by Gasteiger charge is 2.26. The first-order valence-corrected chi connectivity index (χ1v) is 21.8. The Balaban J connectivity index is 0.949. The molecule has 9 rings (SSSR count). The van der Waals surface area contributed by atoms with Crippen LogP contribution in [0.25, 0.3) is 43.1 Å². The van der Waals surface area contributed by atoms with E-state index < -0.39 is 17.4 Å². The fourth-order valence-electron chi connectivity index (χ4n) is 8.84. The Bertz CT molecular complexity index is 3020. The molecular weight excluding hydrogens is 793 g/mol. The molecule has 0 saturated carbocycles. The van der Waals surface area contributed by atoms with E-state index in [9.17, 15) is 9.59 Å². The molecule has 0 heterocycles. The van der Waals surface area contributed by atoms with Gasteiger partial charge in [-0.3, -0.25) is 0 Å². The van der Waals surface area contributed by atoms with E-state index in [1.54, 1.807) is 18.2 Å². The lowest BCUT2D eigenvalue weighted by molar-refractivity contribution is 0.0459. The third kappa shape index (κ3) is 8.89. The van der Waals surface area contributed by atoms with Crippen molar-refractivity contribution in [3.63, 3.8) is 0 Å². The zero-order valence-corrected chi connectivity index (χ0v) is 36.4. The van der Waals surface area contributed by atoms with Crippen LogP contribution in [0.2, 0.25) is 0 Å². The average molecular weight is 843 g/mol. The van der Waals surface area contributed by atoms with Crippen molar-refractivity contribution in [1.82, 2.24) is 0 Å². The Labute approximate surface area is 374 Å². The van der Waals surface area contributed by atoms with Crippen LogP contribution < -0.4 is 0 Å². The third-order valence-corrected chi connectivity index (χ3v) is 12.0. The van der Waals surface area contributed by atoms with Crippen LogP contribution >= 0.6 is 0 Å². The van der Waals surface area contributed by atoms with Crippen molar-refractivity contribution in [2.45, 2.75) is 65.8 Å². The summed E-state index contributed by atoms with van der Waals surface area (Å²) in [6, 6.07) is 58.3. The van der Waals surface area contributed by atoms with Crippen LogP contribution in [-0.2, 0) is 64.0 Å². The summed E-state index contributed by atoms with van der Waals surface area (Å²) in [5.74, 6) is -0.932. The minimum atomic E-state index is -0.490. The number of fused-ring (bicyclic) bond motifs is 4. The minimum Gasteiger partial charge on any atom is -0.457 e. The van der Waals surface area contributed by atoms with Gasteiger partial charge in [-0.05, 0) is 94.5 Å². The summed E-state index contributed by atoms with van der Waals surface area (Å²) in [4.78, 5) is 28.1. The largest absolute Gasteiger partial charge is 0.457 e. The molecule has 6 nitrogen and oxygen atoms in total. The molecule has 0 aromatic heterocycles. The van der Waals surface area contributed by atoms with Crippen molar-refractivity contribution in [1.29, 1.82) is 0 Å². The molecule has 9 aromatic rings. The monoisotopic (exact) mass is 842 g/mol. The molecule has 0 aliphatic carbocycles. The van der Waals surface area contributed by atoms with Gasteiger partial charge in [0.2, 0.25) is 0 Å². The summed E-state index contributed by atoms with van der Waals surface area (Å²) in [5.41, 5.74) is 7.25. The maximum atomic E-state index is 14.1. The fraction of sp³-hybridized carbons (Fsp3) is 0.172. The molecule has 0 atom stereocenters. The van der Waals surface area contributed by atoms with Crippen LogP contribution in [0.1, 0.15) is 80.4 Å². The van der Waals surface area contributed by atoms with Crippen molar-refractivity contribution >= 4 is 55.0 Å². The Morgan fingerprint density at radius 3 is 1.06 bits per heavy atom. The topological polar surface area (TPSA) is 71.1 Å². The lowest BCUT2D eigenvalue weighted by Gasteiger charge is -2.23. The number of rotatable bonds is 14. The third-order valence-electron chi connectivity index (χ3n) is 12.0. The molecule has 6 heteroatoms. The van der Waals surface area contributed by atoms with E-state index in [0.717, 1.165) is 76.5 Å². The second kappa shape index (κ2) is 18.7. The SMILES string of the molecule is CC(C)(C)c1cc(C(=O)OCc2c3ccccc3c(COCc3ccccc3)c3ccccc23)ccc1C(=O)OCc1c2ccccc2c(COCc2ccccc2)c2ccccc12. The number of esters is 2. The van der Waals surface area contributed by atoms with Gasteiger partial charge in [0.1, 0.15) is 13.2 Å². The molecule has 0 fully saturated rings. The summed E-state index contributed by atoms with van der Waals surface area (Å²) >= 11 is 0. The van der Waals surface area contributed by atoms with Crippen LogP contribution in [-0.4, -0.2) is 11.9 Å². The van der Waals surface area contributed by atoms with Crippen LogP contribution in [0.3, 0.4) is 0 Å². The molecule has 0 aliphatic rings. The van der Waals surface area contributed by atoms with Crippen molar-refractivity contribution in [2.24, 2.45) is 0 Å². The van der Waals surface area contributed by atoms with Gasteiger partial charge in [-0.2, -0.15) is 0 Å². The van der Waals surface area contributed by atoms with Gasteiger partial charge in [-0.25, -0.2) is 9.59 Å². The predicted octanol–water partition coefficient (Wildman–Crippen LogP) is 13.7. The lowest BCUT2D eigenvalue weighted by Crippen LogP contribution is -2.20. The van der Waals surface area contributed by atoms with Crippen LogP contribution in [0.4, 0.5) is 0 Å². The number of benzene rings is 9. The maximum absolute atomic E-state index is 14.1. The van der Waals surface area contributed by atoms with Gasteiger partial charge in [0.25, 0.3) is 0 Å². The highest BCUT2D eigenvalue weighted by atomic mass is 16.5. The van der Waals surface area contributed by atoms with Gasteiger partial charge in [0, 0.05) is 11.1 Å². The quantitative estimate of drug-likeness (QED) is 0.0802. The molecule has 0 spiro atoms.